The van der Waals surface area contributed by atoms with Gasteiger partial charge >= 0.3 is 0 Å². The van der Waals surface area contributed by atoms with E-state index < -0.39 is 6.10 Å². The number of Topliss-reactive ketones (excluding diaryl/α,β-unsaturated/α-hetero) is 2. The largest absolute Gasteiger partial charge is 0.393 e. The quantitative estimate of drug-likeness (QED) is 0.0259. The number of aliphatic hydroxyl groups excluding tert-OH is 2. The first-order valence-corrected chi connectivity index (χ1v) is 33.7. The fourth-order valence-corrected chi connectivity index (χ4v) is 9.93. The second kappa shape index (κ2) is 38.6. The minimum Gasteiger partial charge on any atom is -0.393 e. The molecule has 0 saturated heterocycles. The number of anilines is 6. The Balaban J connectivity index is 0.000000171. The van der Waals surface area contributed by atoms with Crippen molar-refractivity contribution in [1.82, 2.24) is 117 Å². The van der Waals surface area contributed by atoms with Crippen LogP contribution in [0.25, 0.3) is 67.0 Å². The number of carbonyl (C=O) groups is 2. The van der Waals surface area contributed by atoms with Gasteiger partial charge in [-0.05, 0) is 84.5 Å². The van der Waals surface area contributed by atoms with Gasteiger partial charge in [-0.2, -0.15) is 0 Å². The van der Waals surface area contributed by atoms with E-state index in [4.69, 9.17) is 43.9 Å². The van der Waals surface area contributed by atoms with E-state index >= 15 is 0 Å². The summed E-state index contributed by atoms with van der Waals surface area (Å²) in [6, 6.07) is 0. The molecule has 0 saturated carbocycles. The zero-order valence-electron chi connectivity index (χ0n) is 59.1. The summed E-state index contributed by atoms with van der Waals surface area (Å²) in [6.07, 6.45) is 26.2. The van der Waals surface area contributed by atoms with Gasteiger partial charge in [0.25, 0.3) is 0 Å². The van der Waals surface area contributed by atoms with Crippen molar-refractivity contribution in [2.75, 3.05) is 41.0 Å². The molecule has 12 aromatic rings. The fraction of sp³-hybridized carbons (Fsp3) is 0.508. The number of nitrogens with two attached hydrogens (primary N) is 6. The van der Waals surface area contributed by atoms with Crippen LogP contribution in [0.1, 0.15) is 133 Å². The van der Waals surface area contributed by atoms with E-state index in [1.807, 2.05) is 39.0 Å². The molecule has 12 rings (SSSR count). The number of carbonyl (C=O) groups excluding carboxylic acids is 2. The molecule has 0 bridgehead atoms. The Morgan fingerprint density at radius 1 is 0.386 bits per heavy atom. The normalized spacial score (nSPS) is 13.0. The van der Waals surface area contributed by atoms with Crippen LogP contribution >= 0.6 is 0 Å². The number of hydrogen-bond donors (Lipinski definition) is 8. The Morgan fingerprint density at radius 2 is 0.673 bits per heavy atom. The third-order valence-electron chi connectivity index (χ3n) is 16.6. The van der Waals surface area contributed by atoms with Gasteiger partial charge in [-0.3, -0.25) is 9.59 Å². The van der Waals surface area contributed by atoms with Crippen LogP contribution in [0, 0.1) is 11.8 Å². The number of nitrogens with zero attached hydrogens (tertiary/aromatic N) is 24. The lowest BCUT2D eigenvalue weighted by atomic mass is 10.1. The lowest BCUT2D eigenvalue weighted by Crippen LogP contribution is -2.23. The lowest BCUT2D eigenvalue weighted by molar-refractivity contribution is -0.159. The first kappa shape index (κ1) is 77.6. The molecule has 12 heterocycles. The van der Waals surface area contributed by atoms with E-state index in [1.165, 1.54) is 57.7 Å². The number of aryl methyl sites for hydroxylation is 6. The standard InChI is InChI=1S/C14H23N5O2.2C11H17N5.C10H13N5O2.C10H15N5O.C9H11N5O/c1-4-11(21-10(3)20-5-2)6-7-19-9-18-12-13(15)16-8-17-14(12)19;2*1-3-8(2)4-5-16-7-15-9-10(12)13-6-14-11(9)16;1-6(16)7(17)2-3-15-5-14-8-9(11)12-4-13-10(8)15;1-2-7(16)3-4-15-6-14-8-9(11)12-5-13-10(8)15;1-6(15)2-3-14-5-13-7-8(10)11-4-12-9(7)14/h8-11H,4-7H2,1-3H3,(H2,15,16,17);2*6-8H,3-5H2,1-2H3,(H2,12,13,14);4-5,7,17H,2-3H2,1H3,(H2,11,12,13);5-7,16H,2-4H2,1H3,(H2,11,12,13);4-5H,2-3H2,1H3,(H2,10,11,12). The summed E-state index contributed by atoms with van der Waals surface area (Å²) in [6.45, 7) is 24.8. The van der Waals surface area contributed by atoms with Gasteiger partial charge < -0.3 is 81.5 Å². The highest BCUT2D eigenvalue weighted by Crippen LogP contribution is 2.22. The number of aromatic nitrogens is 24. The van der Waals surface area contributed by atoms with E-state index in [1.54, 1.807) is 54.0 Å². The smallest absolute Gasteiger partial charge is 0.165 e. The number of nitrogen functional groups attached to an aromatic ring is 6. The topological polar surface area (TPSA) is 511 Å². The SMILES string of the molecule is CC(=O)C(O)CCn1cnc2c(N)ncnc21.CC(=O)CCn1cnc2c(N)ncnc21.CCC(C)CCn1cnc2c(N)ncnc21.CCC(C)CCn1cnc2c(N)ncnc21.CCC(O)CCn1cnc2c(N)ncnc21.CCOC(C)OC(CC)CCn1cnc2c(N)ncnc21. The molecule has 542 valence electrons. The Hall–Kier alpha value is -10.7. The Labute approximate surface area is 583 Å². The molecule has 12 aromatic heterocycles. The van der Waals surface area contributed by atoms with Crippen molar-refractivity contribution in [1.29, 1.82) is 0 Å². The average molecular weight is 1390 g/mol. The van der Waals surface area contributed by atoms with Gasteiger partial charge in [0, 0.05) is 52.3 Å². The Bertz CT molecular complexity index is 4310. The molecule has 36 heteroatoms. The zero-order chi connectivity index (χ0) is 73.1. The number of fused-ring (bicyclic) bond motifs is 6. The van der Waals surface area contributed by atoms with Gasteiger partial charge in [-0.25, -0.2) is 89.7 Å². The summed E-state index contributed by atoms with van der Waals surface area (Å²) in [7, 11) is 0. The molecule has 14 N–H and O–H groups in total. The zero-order valence-corrected chi connectivity index (χ0v) is 59.1. The van der Waals surface area contributed by atoms with Gasteiger partial charge in [-0.1, -0.05) is 54.4 Å². The maximum atomic E-state index is 10.9. The number of ether oxygens (including phenoxy) is 2. The number of rotatable bonds is 27. The van der Waals surface area contributed by atoms with E-state index in [2.05, 4.69) is 124 Å². The predicted octanol–water partition coefficient (Wildman–Crippen LogP) is 6.37. The van der Waals surface area contributed by atoms with Crippen molar-refractivity contribution in [3.63, 3.8) is 0 Å². The molecule has 6 unspecified atom stereocenters. The number of ketones is 2. The van der Waals surface area contributed by atoms with Crippen molar-refractivity contribution in [2.45, 2.75) is 197 Å². The van der Waals surface area contributed by atoms with Crippen LogP contribution in [0.5, 0.6) is 0 Å². The van der Waals surface area contributed by atoms with E-state index in [0.717, 1.165) is 86.2 Å². The maximum absolute atomic E-state index is 10.9. The van der Waals surface area contributed by atoms with Crippen LogP contribution in [0.3, 0.4) is 0 Å². The summed E-state index contributed by atoms with van der Waals surface area (Å²) >= 11 is 0. The van der Waals surface area contributed by atoms with Gasteiger partial charge in [0.2, 0.25) is 0 Å². The van der Waals surface area contributed by atoms with Crippen LogP contribution in [0.2, 0.25) is 0 Å². The molecule has 0 aromatic carbocycles. The molecule has 0 radical (unpaired) electrons. The van der Waals surface area contributed by atoms with E-state index in [0.29, 0.717) is 125 Å². The first-order valence-electron chi connectivity index (χ1n) is 33.7. The van der Waals surface area contributed by atoms with Gasteiger partial charge in [0.05, 0.1) is 50.2 Å². The van der Waals surface area contributed by atoms with Crippen LogP contribution in [0.4, 0.5) is 34.9 Å². The third kappa shape index (κ3) is 21.9. The van der Waals surface area contributed by atoms with Crippen LogP contribution < -0.4 is 34.4 Å². The number of hydrogen-bond acceptors (Lipinski definition) is 30. The van der Waals surface area contributed by atoms with E-state index in [-0.39, 0.29) is 30.1 Å². The summed E-state index contributed by atoms with van der Waals surface area (Å²) in [5.41, 5.74) is 42.4. The van der Waals surface area contributed by atoms with Gasteiger partial charge in [0.1, 0.15) is 83.0 Å². The van der Waals surface area contributed by atoms with Crippen molar-refractivity contribution in [3.05, 3.63) is 75.9 Å². The molecule has 0 aliphatic carbocycles. The highest BCUT2D eigenvalue weighted by Gasteiger charge is 2.17. The molecule has 0 amide bonds. The highest BCUT2D eigenvalue weighted by molar-refractivity contribution is 5.85. The fourth-order valence-electron chi connectivity index (χ4n) is 9.93. The van der Waals surface area contributed by atoms with Gasteiger partial charge in [-0.15, -0.1) is 0 Å². The van der Waals surface area contributed by atoms with Crippen LogP contribution in [-0.2, 0) is 58.3 Å². The average Bonchev–Trinajstić information content (AvgIpc) is 1.71. The molecular weight excluding hydrogens is 1300 g/mol. The monoisotopic (exact) mass is 1390 g/mol. The molecule has 0 fully saturated rings. The van der Waals surface area contributed by atoms with Crippen LogP contribution in [0.15, 0.2) is 75.9 Å². The lowest BCUT2D eigenvalue weighted by Gasteiger charge is -2.21. The molecule has 0 aliphatic heterocycles. The Kier molecular flexibility index (Phi) is 29.7. The predicted molar refractivity (Wildman–Crippen MR) is 385 cm³/mol. The number of imidazole rings is 6. The van der Waals surface area contributed by atoms with Crippen molar-refractivity contribution in [3.8, 4) is 0 Å². The van der Waals surface area contributed by atoms with E-state index in [9.17, 15) is 19.8 Å². The summed E-state index contributed by atoms with van der Waals surface area (Å²) in [5, 5.41) is 18.9. The van der Waals surface area contributed by atoms with Crippen LogP contribution in [-0.4, -0.2) is 170 Å². The molecular formula is C65H96N30O6. The molecule has 6 atom stereocenters. The molecule has 36 nitrogen and oxygen atoms in total. The summed E-state index contributed by atoms with van der Waals surface area (Å²) in [5.74, 6) is 3.71. The highest BCUT2D eigenvalue weighted by atomic mass is 16.7. The third-order valence-corrected chi connectivity index (χ3v) is 16.6. The second-order valence-electron chi connectivity index (χ2n) is 24.0. The molecule has 101 heavy (non-hydrogen) atoms. The van der Waals surface area contributed by atoms with Crippen molar-refractivity contribution < 1.29 is 29.3 Å². The maximum Gasteiger partial charge on any atom is 0.165 e. The number of aliphatic hydroxyl groups is 2. The molecule has 0 spiro atoms. The summed E-state index contributed by atoms with van der Waals surface area (Å²) < 4.78 is 22.8. The summed E-state index contributed by atoms with van der Waals surface area (Å²) in [4.78, 5) is 95.1. The Morgan fingerprint density at radius 3 is 0.941 bits per heavy atom. The second-order valence-corrected chi connectivity index (χ2v) is 24.0. The molecule has 0 aliphatic rings. The minimum absolute atomic E-state index is 0.138. The van der Waals surface area contributed by atoms with Gasteiger partial charge in [0.15, 0.2) is 80.9 Å². The van der Waals surface area contributed by atoms with Crippen molar-refractivity contribution >= 4 is 113 Å². The first-order chi connectivity index (χ1) is 48.6. The minimum atomic E-state index is -0.952. The van der Waals surface area contributed by atoms with Crippen molar-refractivity contribution in [2.24, 2.45) is 11.8 Å².